The first kappa shape index (κ1) is 50.3. The Hall–Kier alpha value is -2.70. The van der Waals surface area contributed by atoms with Crippen LogP contribution in [0.2, 0.25) is 0 Å². The first-order valence-corrected chi connectivity index (χ1v) is 18.2. The molecule has 0 N–H and O–H groups in total. The van der Waals surface area contributed by atoms with Gasteiger partial charge in [0.2, 0.25) is 0 Å². The molecule has 3 heterocycles. The molecule has 3 unspecified atom stereocenters. The van der Waals surface area contributed by atoms with Gasteiger partial charge >= 0.3 is 0 Å². The monoisotopic (exact) mass is 854 g/mol. The van der Waals surface area contributed by atoms with E-state index in [0.717, 1.165) is 84.9 Å². The SMILES string of the molecule is C.C.CC(=O)C(CC(C)C)C[N+](C)(C)C.COc1cc2c(cc1OC)C1CC(=O)C(CC(C)C)CN1CC2.COc1cc2c(cc1OC)CCN=C2.I. The zero-order chi connectivity index (χ0) is 37.2. The van der Waals surface area contributed by atoms with Gasteiger partial charge in [0.15, 0.2) is 23.0 Å². The molecular weight excluding hydrogens is 781 g/mol. The van der Waals surface area contributed by atoms with Crippen LogP contribution in [0.5, 0.6) is 23.0 Å². The number of halogens is 1. The number of nitrogens with zero attached hydrogens (tertiary/aromatic N) is 3. The molecule has 0 aromatic heterocycles. The van der Waals surface area contributed by atoms with E-state index in [4.69, 9.17) is 18.9 Å². The van der Waals surface area contributed by atoms with Crippen molar-refractivity contribution in [2.75, 3.05) is 75.8 Å². The van der Waals surface area contributed by atoms with Gasteiger partial charge in [-0.3, -0.25) is 19.5 Å². The van der Waals surface area contributed by atoms with Crippen LogP contribution in [0.4, 0.5) is 0 Å². The summed E-state index contributed by atoms with van der Waals surface area (Å²) in [4.78, 5) is 30.7. The maximum atomic E-state index is 12.6. The highest BCUT2D eigenvalue weighted by molar-refractivity contribution is 14.0. The summed E-state index contributed by atoms with van der Waals surface area (Å²) < 4.78 is 22.2. The highest BCUT2D eigenvalue weighted by atomic mass is 127. The number of quaternary nitrogens is 1. The number of methoxy groups -OCH3 is 4. The van der Waals surface area contributed by atoms with Crippen molar-refractivity contribution in [3.63, 3.8) is 0 Å². The quantitative estimate of drug-likeness (QED) is 0.165. The second-order valence-corrected chi connectivity index (χ2v) is 15.8. The van der Waals surface area contributed by atoms with Gasteiger partial charge in [-0.2, -0.15) is 0 Å². The van der Waals surface area contributed by atoms with Crippen molar-refractivity contribution < 1.29 is 33.0 Å². The third-order valence-electron chi connectivity index (χ3n) is 9.66. The number of Topliss-reactive ketones (excluding diaryl/α,β-unsaturated/α-hetero) is 2. The third-order valence-corrected chi connectivity index (χ3v) is 9.66. The highest BCUT2D eigenvalue weighted by Crippen LogP contribution is 2.42. The lowest BCUT2D eigenvalue weighted by Gasteiger charge is -2.43. The Kier molecular flexibility index (Phi) is 22.1. The summed E-state index contributed by atoms with van der Waals surface area (Å²) in [7, 11) is 13.0. The third kappa shape index (κ3) is 14.8. The molecule has 1 fully saturated rings. The number of carbonyl (C=O) groups is 2. The number of ether oxygens (including phenoxy) is 4. The normalized spacial score (nSPS) is 17.7. The van der Waals surface area contributed by atoms with Gasteiger partial charge in [-0.1, -0.05) is 42.5 Å². The van der Waals surface area contributed by atoms with E-state index in [1.807, 2.05) is 18.3 Å². The molecular formula is C43H73IN3O6+. The summed E-state index contributed by atoms with van der Waals surface area (Å²) in [6.07, 6.45) is 6.52. The fraction of sp³-hybridized carbons (Fsp3) is 0.651. The zero-order valence-electron chi connectivity index (χ0n) is 33.3. The zero-order valence-corrected chi connectivity index (χ0v) is 35.7. The van der Waals surface area contributed by atoms with E-state index >= 15 is 0 Å². The Morgan fingerprint density at radius 2 is 1.40 bits per heavy atom. The molecule has 3 atom stereocenters. The Labute approximate surface area is 339 Å². The predicted molar refractivity (Wildman–Crippen MR) is 231 cm³/mol. The molecule has 2 aromatic rings. The number of aliphatic imine (C=N–C) groups is 1. The molecule has 0 amide bonds. The molecule has 9 nitrogen and oxygen atoms in total. The van der Waals surface area contributed by atoms with Crippen LogP contribution in [0.15, 0.2) is 29.3 Å². The maximum Gasteiger partial charge on any atom is 0.161 e. The summed E-state index contributed by atoms with van der Waals surface area (Å²) in [6, 6.07) is 8.35. The number of benzene rings is 2. The smallest absolute Gasteiger partial charge is 0.161 e. The van der Waals surface area contributed by atoms with E-state index in [2.05, 4.69) is 70.9 Å². The van der Waals surface area contributed by atoms with E-state index in [1.165, 1.54) is 16.7 Å². The van der Waals surface area contributed by atoms with Crippen LogP contribution in [0.25, 0.3) is 0 Å². The van der Waals surface area contributed by atoms with Crippen LogP contribution in [0.1, 0.15) is 97.0 Å². The molecule has 0 spiro atoms. The van der Waals surface area contributed by atoms with Crippen molar-refractivity contribution in [2.24, 2.45) is 28.7 Å². The number of piperidine rings is 1. The molecule has 302 valence electrons. The molecule has 53 heavy (non-hydrogen) atoms. The van der Waals surface area contributed by atoms with Crippen molar-refractivity contribution in [3.05, 3.63) is 46.5 Å². The van der Waals surface area contributed by atoms with Gasteiger partial charge < -0.3 is 23.4 Å². The van der Waals surface area contributed by atoms with Gasteiger partial charge in [0.25, 0.3) is 0 Å². The average Bonchev–Trinajstić information content (AvgIpc) is 3.06. The maximum absolute atomic E-state index is 12.6. The van der Waals surface area contributed by atoms with Crippen molar-refractivity contribution in [2.45, 2.75) is 87.6 Å². The van der Waals surface area contributed by atoms with Gasteiger partial charge in [0.05, 0.1) is 62.0 Å². The van der Waals surface area contributed by atoms with Crippen LogP contribution in [0, 0.1) is 23.7 Å². The molecule has 3 aliphatic rings. The molecule has 0 bridgehead atoms. The predicted octanol–water partition coefficient (Wildman–Crippen LogP) is 8.75. The second kappa shape index (κ2) is 23.3. The van der Waals surface area contributed by atoms with Crippen LogP contribution in [-0.4, -0.2) is 103 Å². The van der Waals surface area contributed by atoms with Crippen LogP contribution >= 0.6 is 24.0 Å². The number of ketones is 2. The Balaban J connectivity index is 0.000000789. The standard InChI is InChI=1S/C19H27NO3.C11H13NO2.C11H24NO.2CH4.HI/c1-12(2)7-14-11-20-6-5-13-8-18(22-3)19(23-4)9-15(13)16(20)10-17(14)21;1-13-10-5-8-3-4-12-7-9(8)6-11(10)14-2;1-9(2)7-11(10(3)13)8-12(4,5)6;;;/h8-9,12,14,16H,5-7,10-11H2,1-4H3;5-7H,3-4H2,1-2H3;9,11H,7-8H2,1-6H3;2*1H4;1H/q;;+1;;;. The van der Waals surface area contributed by atoms with Crippen LogP contribution < -0.4 is 18.9 Å². The minimum Gasteiger partial charge on any atom is -0.493 e. The summed E-state index contributed by atoms with van der Waals surface area (Å²) >= 11 is 0. The summed E-state index contributed by atoms with van der Waals surface area (Å²) in [5.41, 5.74) is 4.94. The van der Waals surface area contributed by atoms with Gasteiger partial charge in [0.1, 0.15) is 11.6 Å². The minimum atomic E-state index is 0. The van der Waals surface area contributed by atoms with Gasteiger partial charge in [-0.05, 0) is 91.0 Å². The molecule has 1 saturated heterocycles. The first-order valence-electron chi connectivity index (χ1n) is 18.2. The van der Waals surface area contributed by atoms with Crippen molar-refractivity contribution in [3.8, 4) is 23.0 Å². The Bertz CT molecular complexity index is 1470. The van der Waals surface area contributed by atoms with E-state index in [9.17, 15) is 9.59 Å². The molecule has 0 radical (unpaired) electrons. The number of carbonyl (C=O) groups excluding carboxylic acids is 2. The van der Waals surface area contributed by atoms with Crippen molar-refractivity contribution in [1.82, 2.24) is 4.90 Å². The average molecular weight is 855 g/mol. The molecule has 2 aromatic carbocycles. The number of fused-ring (bicyclic) bond motifs is 4. The van der Waals surface area contributed by atoms with Crippen molar-refractivity contribution in [1.29, 1.82) is 0 Å². The topological polar surface area (TPSA) is 86.7 Å². The van der Waals surface area contributed by atoms with Crippen LogP contribution in [-0.2, 0) is 22.4 Å². The van der Waals surface area contributed by atoms with Crippen LogP contribution in [0.3, 0.4) is 0 Å². The van der Waals surface area contributed by atoms with E-state index in [0.29, 0.717) is 29.8 Å². The second-order valence-electron chi connectivity index (χ2n) is 15.8. The fourth-order valence-electron chi connectivity index (χ4n) is 7.28. The molecule has 0 saturated carbocycles. The molecule has 0 aliphatic carbocycles. The molecule has 5 rings (SSSR count). The van der Waals surface area contributed by atoms with Gasteiger partial charge in [-0.15, -0.1) is 24.0 Å². The Morgan fingerprint density at radius 3 is 1.91 bits per heavy atom. The number of rotatable bonds is 11. The van der Waals surface area contributed by atoms with Crippen molar-refractivity contribution >= 4 is 41.8 Å². The molecule has 10 heteroatoms. The summed E-state index contributed by atoms with van der Waals surface area (Å²) in [5.74, 6) is 5.46. The largest absolute Gasteiger partial charge is 0.493 e. The van der Waals surface area contributed by atoms with Gasteiger partial charge in [-0.25, -0.2) is 0 Å². The lowest BCUT2D eigenvalue weighted by Crippen LogP contribution is -2.46. The summed E-state index contributed by atoms with van der Waals surface area (Å²) in [6.45, 7) is 14.2. The van der Waals surface area contributed by atoms with E-state index < -0.39 is 0 Å². The fourth-order valence-corrected chi connectivity index (χ4v) is 7.28. The number of hydrogen-bond donors (Lipinski definition) is 0. The lowest BCUT2D eigenvalue weighted by atomic mass is 9.80. The van der Waals surface area contributed by atoms with Gasteiger partial charge in [0, 0.05) is 44.2 Å². The minimum absolute atomic E-state index is 0. The number of hydrogen-bond acceptors (Lipinski definition) is 8. The first-order chi connectivity index (χ1) is 23.6. The molecule has 3 aliphatic heterocycles. The Morgan fingerprint density at radius 1 is 0.849 bits per heavy atom. The summed E-state index contributed by atoms with van der Waals surface area (Å²) in [5, 5.41) is 0. The highest BCUT2D eigenvalue weighted by Gasteiger charge is 2.38. The van der Waals surface area contributed by atoms with E-state index in [-0.39, 0.29) is 56.7 Å². The lowest BCUT2D eigenvalue weighted by molar-refractivity contribution is -0.872. The van der Waals surface area contributed by atoms with E-state index in [1.54, 1.807) is 35.4 Å².